The fraction of sp³-hybridized carbons (Fsp3) is 0.412. The molecule has 0 bridgehead atoms. The largest absolute Gasteiger partial charge is 0.497 e. The molecule has 2 N–H and O–H groups in total. The first-order valence-electron chi connectivity index (χ1n) is 7.80. The van der Waals surface area contributed by atoms with Crippen LogP contribution >= 0.6 is 11.3 Å². The highest BCUT2D eigenvalue weighted by Crippen LogP contribution is 2.27. The topological polar surface area (TPSA) is 93.2 Å². The molecule has 0 unspecified atom stereocenters. The summed E-state index contributed by atoms with van der Waals surface area (Å²) in [5.41, 5.74) is 0.326. The van der Waals surface area contributed by atoms with Crippen LogP contribution in [0.5, 0.6) is 5.75 Å². The molecule has 0 aliphatic carbocycles. The second-order valence-corrected chi connectivity index (χ2v) is 7.55. The monoisotopic (exact) mass is 362 g/mol. The molecular formula is C17H22N4O3S. The molecule has 0 aliphatic heterocycles. The average Bonchev–Trinajstić information content (AvgIpc) is 3.02. The molecule has 1 aromatic carbocycles. The van der Waals surface area contributed by atoms with Crippen molar-refractivity contribution in [1.29, 1.82) is 0 Å². The molecule has 1 atom stereocenters. The number of anilines is 1. The van der Waals surface area contributed by atoms with E-state index in [1.54, 1.807) is 34.8 Å². The quantitative estimate of drug-likeness (QED) is 0.853. The third-order valence-corrected chi connectivity index (χ3v) is 4.30. The van der Waals surface area contributed by atoms with Gasteiger partial charge in [0.05, 0.1) is 7.11 Å². The molecule has 0 saturated carbocycles. The number of hydrogen-bond donors (Lipinski definition) is 2. The van der Waals surface area contributed by atoms with Crippen LogP contribution in [0.15, 0.2) is 24.3 Å². The van der Waals surface area contributed by atoms with Crippen molar-refractivity contribution in [1.82, 2.24) is 15.5 Å². The number of benzene rings is 1. The van der Waals surface area contributed by atoms with Gasteiger partial charge in [-0.25, -0.2) is 0 Å². The van der Waals surface area contributed by atoms with Crippen LogP contribution in [0.2, 0.25) is 0 Å². The number of nitrogens with zero attached hydrogens (tertiary/aromatic N) is 2. The third-order valence-electron chi connectivity index (χ3n) is 3.41. The van der Waals surface area contributed by atoms with Gasteiger partial charge in [-0.1, -0.05) is 32.1 Å². The Labute approximate surface area is 150 Å². The molecule has 0 spiro atoms. The zero-order valence-electron chi connectivity index (χ0n) is 14.9. The molecular weight excluding hydrogens is 340 g/mol. The lowest BCUT2D eigenvalue weighted by atomic mass is 9.95. The number of methoxy groups -OCH3 is 1. The SMILES string of the molecule is COc1ccc(-c2nnc(NC(=O)[C@@H](C)NC(=O)C(C)(C)C)s2)cc1. The molecule has 0 aliphatic rings. The number of aromatic nitrogens is 2. The van der Waals surface area contributed by atoms with Crippen LogP contribution in [0, 0.1) is 5.41 Å². The van der Waals surface area contributed by atoms with E-state index in [0.29, 0.717) is 10.1 Å². The second-order valence-electron chi connectivity index (χ2n) is 6.58. The minimum atomic E-state index is -0.667. The maximum absolute atomic E-state index is 12.2. The smallest absolute Gasteiger partial charge is 0.248 e. The molecule has 134 valence electrons. The summed E-state index contributed by atoms with van der Waals surface area (Å²) in [6.07, 6.45) is 0. The van der Waals surface area contributed by atoms with E-state index in [-0.39, 0.29) is 11.8 Å². The van der Waals surface area contributed by atoms with Gasteiger partial charge in [0.25, 0.3) is 0 Å². The molecule has 1 aromatic heterocycles. The van der Waals surface area contributed by atoms with Crippen LogP contribution in [-0.4, -0.2) is 35.2 Å². The van der Waals surface area contributed by atoms with Crippen LogP contribution in [0.1, 0.15) is 27.7 Å². The Morgan fingerprint density at radius 2 is 1.80 bits per heavy atom. The molecule has 0 fully saturated rings. The van der Waals surface area contributed by atoms with Crippen LogP contribution in [-0.2, 0) is 9.59 Å². The van der Waals surface area contributed by atoms with Crippen molar-refractivity contribution in [3.05, 3.63) is 24.3 Å². The first-order valence-corrected chi connectivity index (χ1v) is 8.62. The number of carbonyl (C=O) groups excluding carboxylic acids is 2. The normalized spacial score (nSPS) is 12.4. The lowest BCUT2D eigenvalue weighted by Crippen LogP contribution is -2.46. The van der Waals surface area contributed by atoms with Gasteiger partial charge in [-0.05, 0) is 31.2 Å². The van der Waals surface area contributed by atoms with Crippen LogP contribution in [0.4, 0.5) is 5.13 Å². The van der Waals surface area contributed by atoms with Crippen LogP contribution < -0.4 is 15.4 Å². The molecule has 0 radical (unpaired) electrons. The van der Waals surface area contributed by atoms with Crippen LogP contribution in [0.3, 0.4) is 0 Å². The molecule has 1 heterocycles. The minimum absolute atomic E-state index is 0.189. The Kier molecular flexibility index (Phi) is 5.73. The summed E-state index contributed by atoms with van der Waals surface area (Å²) < 4.78 is 5.12. The second kappa shape index (κ2) is 7.60. The van der Waals surface area contributed by atoms with Crippen molar-refractivity contribution in [2.24, 2.45) is 5.41 Å². The zero-order valence-corrected chi connectivity index (χ0v) is 15.7. The van der Waals surface area contributed by atoms with E-state index in [0.717, 1.165) is 11.3 Å². The summed E-state index contributed by atoms with van der Waals surface area (Å²) in [7, 11) is 1.60. The van der Waals surface area contributed by atoms with Gasteiger partial charge in [-0.2, -0.15) is 0 Å². The molecule has 25 heavy (non-hydrogen) atoms. The van der Waals surface area contributed by atoms with Crippen LogP contribution in [0.25, 0.3) is 10.6 Å². The van der Waals surface area contributed by atoms with Crippen molar-refractivity contribution >= 4 is 28.3 Å². The Morgan fingerprint density at radius 3 is 2.36 bits per heavy atom. The summed E-state index contributed by atoms with van der Waals surface area (Å²) in [5, 5.41) is 14.5. The van der Waals surface area contributed by atoms with Crippen molar-refractivity contribution < 1.29 is 14.3 Å². The number of nitrogens with one attached hydrogen (secondary N) is 2. The number of ether oxygens (including phenoxy) is 1. The van der Waals surface area contributed by atoms with E-state index in [1.165, 1.54) is 11.3 Å². The lowest BCUT2D eigenvalue weighted by molar-refractivity contribution is -0.131. The molecule has 8 heteroatoms. The van der Waals surface area contributed by atoms with Gasteiger partial charge in [-0.15, -0.1) is 10.2 Å². The highest BCUT2D eigenvalue weighted by molar-refractivity contribution is 7.18. The average molecular weight is 362 g/mol. The molecule has 2 rings (SSSR count). The molecule has 2 aromatic rings. The predicted molar refractivity (Wildman–Crippen MR) is 97.6 cm³/mol. The Bertz CT molecular complexity index is 750. The molecule has 0 saturated heterocycles. The van der Waals surface area contributed by atoms with Crippen molar-refractivity contribution in [2.45, 2.75) is 33.7 Å². The highest BCUT2D eigenvalue weighted by atomic mass is 32.1. The number of rotatable bonds is 5. The van der Waals surface area contributed by atoms with Crippen molar-refractivity contribution in [3.63, 3.8) is 0 Å². The molecule has 2 amide bonds. The highest BCUT2D eigenvalue weighted by Gasteiger charge is 2.25. The number of hydrogen-bond acceptors (Lipinski definition) is 6. The van der Waals surface area contributed by atoms with Gasteiger partial charge in [-0.3, -0.25) is 14.9 Å². The Balaban J connectivity index is 2.00. The summed E-state index contributed by atoms with van der Waals surface area (Å²) >= 11 is 1.26. The lowest BCUT2D eigenvalue weighted by Gasteiger charge is -2.21. The van der Waals surface area contributed by atoms with E-state index in [4.69, 9.17) is 4.74 Å². The Hall–Kier alpha value is -2.48. The van der Waals surface area contributed by atoms with Gasteiger partial charge in [0, 0.05) is 11.0 Å². The summed E-state index contributed by atoms with van der Waals surface area (Å²) in [6, 6.07) is 6.74. The van der Waals surface area contributed by atoms with E-state index in [2.05, 4.69) is 20.8 Å². The zero-order chi connectivity index (χ0) is 18.6. The maximum Gasteiger partial charge on any atom is 0.248 e. The van der Waals surface area contributed by atoms with Gasteiger partial charge in [0.15, 0.2) is 0 Å². The first kappa shape index (κ1) is 18.9. The third kappa shape index (κ3) is 4.99. The summed E-state index contributed by atoms with van der Waals surface area (Å²) in [4.78, 5) is 24.1. The maximum atomic E-state index is 12.2. The van der Waals surface area contributed by atoms with Gasteiger partial charge in [0.1, 0.15) is 16.8 Å². The Morgan fingerprint density at radius 1 is 1.16 bits per heavy atom. The van der Waals surface area contributed by atoms with E-state index < -0.39 is 11.5 Å². The van der Waals surface area contributed by atoms with Gasteiger partial charge < -0.3 is 10.1 Å². The van der Waals surface area contributed by atoms with Gasteiger partial charge in [0.2, 0.25) is 16.9 Å². The predicted octanol–water partition coefficient (Wildman–Crippen LogP) is 2.70. The summed E-state index contributed by atoms with van der Waals surface area (Å²) in [6.45, 7) is 7.00. The standard InChI is InChI=1S/C17H22N4O3S/c1-10(18-15(23)17(2,3)4)13(22)19-16-21-20-14(25-16)11-6-8-12(24-5)9-7-11/h6-10H,1-5H3,(H,18,23)(H,19,21,22)/t10-/m1/s1. The first-order chi connectivity index (χ1) is 11.7. The minimum Gasteiger partial charge on any atom is -0.497 e. The van der Waals surface area contributed by atoms with E-state index in [1.807, 2.05) is 24.3 Å². The number of carbonyl (C=O) groups is 2. The van der Waals surface area contributed by atoms with Crippen molar-refractivity contribution in [2.75, 3.05) is 12.4 Å². The summed E-state index contributed by atoms with van der Waals surface area (Å²) in [5.74, 6) is 0.228. The van der Waals surface area contributed by atoms with E-state index >= 15 is 0 Å². The fourth-order valence-electron chi connectivity index (χ4n) is 1.82. The van der Waals surface area contributed by atoms with Crippen molar-refractivity contribution in [3.8, 4) is 16.3 Å². The molecule has 7 nitrogen and oxygen atoms in total. The fourth-order valence-corrected chi connectivity index (χ4v) is 2.57. The van der Waals surface area contributed by atoms with Gasteiger partial charge >= 0.3 is 0 Å². The van der Waals surface area contributed by atoms with E-state index in [9.17, 15) is 9.59 Å². The number of amides is 2.